The minimum absolute atomic E-state index is 0.00670. The molecule has 0 aliphatic carbocycles. The zero-order valence-corrected chi connectivity index (χ0v) is 13.7. The van der Waals surface area contributed by atoms with Gasteiger partial charge in [-0.15, -0.1) is 0 Å². The Morgan fingerprint density at radius 1 is 0.789 bits per heavy atom. The Labute approximate surface area is 130 Å². The smallest absolute Gasteiger partial charge is 0.160 e. The van der Waals surface area contributed by atoms with Gasteiger partial charge in [0.1, 0.15) is 0 Å². The Kier molecular flexibility index (Phi) is 9.05. The highest BCUT2D eigenvalue weighted by atomic mass is 127. The van der Waals surface area contributed by atoms with Crippen LogP contribution in [-0.2, 0) is 6.42 Å². The first-order valence-electron chi connectivity index (χ1n) is 7.31. The van der Waals surface area contributed by atoms with Gasteiger partial charge in [0.15, 0.2) is 11.5 Å². The monoisotopic (exact) mass is 376 g/mol. The van der Waals surface area contributed by atoms with Crippen molar-refractivity contribution in [3.63, 3.8) is 0 Å². The average Bonchev–Trinajstić information content (AvgIpc) is 2.41. The molecule has 1 aromatic rings. The molecule has 0 heterocycles. The van der Waals surface area contributed by atoms with Crippen molar-refractivity contribution in [1.82, 2.24) is 0 Å². The standard InChI is InChI=1S/C16H25IO2/c17-13-8-6-4-2-1-3-5-7-10-14-11-9-12-15(18)16(14)19/h9,11-12,18-19H,1-8,10,13H2. The Bertz CT molecular complexity index is 353. The molecule has 0 unspecified atom stereocenters. The molecule has 0 aliphatic rings. The number of para-hydroxylation sites is 1. The Balaban J connectivity index is 2.03. The van der Waals surface area contributed by atoms with Crippen molar-refractivity contribution in [2.75, 3.05) is 4.43 Å². The number of benzene rings is 1. The maximum Gasteiger partial charge on any atom is 0.160 e. The molecular formula is C16H25IO2. The van der Waals surface area contributed by atoms with E-state index in [0.717, 1.165) is 18.4 Å². The zero-order valence-electron chi connectivity index (χ0n) is 11.6. The average molecular weight is 376 g/mol. The highest BCUT2D eigenvalue weighted by Crippen LogP contribution is 2.29. The van der Waals surface area contributed by atoms with Crippen LogP contribution < -0.4 is 0 Å². The van der Waals surface area contributed by atoms with Gasteiger partial charge in [0.25, 0.3) is 0 Å². The minimum atomic E-state index is -0.00670. The maximum absolute atomic E-state index is 9.67. The number of hydrogen-bond acceptors (Lipinski definition) is 2. The van der Waals surface area contributed by atoms with E-state index in [-0.39, 0.29) is 11.5 Å². The fraction of sp³-hybridized carbons (Fsp3) is 0.625. The van der Waals surface area contributed by atoms with Crippen LogP contribution in [0.4, 0.5) is 0 Å². The van der Waals surface area contributed by atoms with Crippen molar-refractivity contribution in [2.45, 2.75) is 57.8 Å². The van der Waals surface area contributed by atoms with Crippen LogP contribution in [0.2, 0.25) is 0 Å². The zero-order chi connectivity index (χ0) is 13.9. The summed E-state index contributed by atoms with van der Waals surface area (Å²) in [5, 5.41) is 19.1. The first kappa shape index (κ1) is 16.6. The number of phenolic OH excluding ortho intramolecular Hbond substituents is 2. The van der Waals surface area contributed by atoms with E-state index in [1.807, 2.05) is 6.07 Å². The molecule has 2 N–H and O–H groups in total. The number of halogens is 1. The van der Waals surface area contributed by atoms with Crippen molar-refractivity contribution in [3.05, 3.63) is 23.8 Å². The summed E-state index contributed by atoms with van der Waals surface area (Å²) in [4.78, 5) is 0. The summed E-state index contributed by atoms with van der Waals surface area (Å²) in [5.41, 5.74) is 0.863. The van der Waals surface area contributed by atoms with Crippen molar-refractivity contribution in [3.8, 4) is 11.5 Å². The number of phenols is 2. The number of unbranched alkanes of at least 4 members (excludes halogenated alkanes) is 7. The second-order valence-electron chi connectivity index (χ2n) is 5.05. The van der Waals surface area contributed by atoms with Gasteiger partial charge in [-0.3, -0.25) is 0 Å². The fourth-order valence-electron chi connectivity index (χ4n) is 2.25. The molecule has 0 amide bonds. The van der Waals surface area contributed by atoms with Crippen LogP contribution in [0.25, 0.3) is 0 Å². The van der Waals surface area contributed by atoms with Crippen LogP contribution >= 0.6 is 22.6 Å². The molecule has 0 spiro atoms. The maximum atomic E-state index is 9.67. The Morgan fingerprint density at radius 3 is 2.00 bits per heavy atom. The fourth-order valence-corrected chi connectivity index (χ4v) is 2.79. The van der Waals surface area contributed by atoms with Crippen molar-refractivity contribution in [1.29, 1.82) is 0 Å². The van der Waals surface area contributed by atoms with Gasteiger partial charge in [0.2, 0.25) is 0 Å². The normalized spacial score (nSPS) is 10.8. The highest BCUT2D eigenvalue weighted by molar-refractivity contribution is 14.1. The van der Waals surface area contributed by atoms with E-state index in [1.165, 1.54) is 55.4 Å². The Hall–Kier alpha value is -0.450. The van der Waals surface area contributed by atoms with Crippen LogP contribution in [0.1, 0.15) is 56.9 Å². The van der Waals surface area contributed by atoms with Crippen LogP contribution in [0.5, 0.6) is 11.5 Å². The van der Waals surface area contributed by atoms with Gasteiger partial charge in [-0.1, -0.05) is 73.2 Å². The van der Waals surface area contributed by atoms with E-state index in [0.29, 0.717) is 0 Å². The van der Waals surface area contributed by atoms with Crippen LogP contribution in [0.15, 0.2) is 18.2 Å². The number of alkyl halides is 1. The molecule has 108 valence electrons. The summed E-state index contributed by atoms with van der Waals surface area (Å²) in [6.45, 7) is 0. The van der Waals surface area contributed by atoms with Crippen LogP contribution in [0.3, 0.4) is 0 Å². The third-order valence-corrected chi connectivity index (χ3v) is 4.19. The van der Waals surface area contributed by atoms with Gasteiger partial charge in [-0.2, -0.15) is 0 Å². The first-order valence-corrected chi connectivity index (χ1v) is 8.84. The van der Waals surface area contributed by atoms with Crippen molar-refractivity contribution >= 4 is 22.6 Å². The van der Waals surface area contributed by atoms with Gasteiger partial charge < -0.3 is 10.2 Å². The van der Waals surface area contributed by atoms with Crippen molar-refractivity contribution in [2.24, 2.45) is 0 Å². The third-order valence-electron chi connectivity index (χ3n) is 3.43. The lowest BCUT2D eigenvalue weighted by Gasteiger charge is -2.06. The number of aryl methyl sites for hydroxylation is 1. The molecule has 2 nitrogen and oxygen atoms in total. The number of rotatable bonds is 10. The molecule has 0 radical (unpaired) electrons. The summed E-state index contributed by atoms with van der Waals surface area (Å²) in [7, 11) is 0. The largest absolute Gasteiger partial charge is 0.504 e. The summed E-state index contributed by atoms with van der Waals surface area (Å²) in [5.74, 6) is 0.0501. The summed E-state index contributed by atoms with van der Waals surface area (Å²) >= 11 is 2.44. The highest BCUT2D eigenvalue weighted by Gasteiger charge is 2.04. The molecule has 0 atom stereocenters. The minimum Gasteiger partial charge on any atom is -0.504 e. The van der Waals surface area contributed by atoms with E-state index >= 15 is 0 Å². The number of aromatic hydroxyl groups is 2. The molecule has 0 aliphatic heterocycles. The quantitative estimate of drug-likeness (QED) is 0.255. The molecule has 0 aromatic heterocycles. The SMILES string of the molecule is Oc1cccc(CCCCCCCCCCI)c1O. The summed E-state index contributed by atoms with van der Waals surface area (Å²) in [6, 6.07) is 5.20. The van der Waals surface area contributed by atoms with E-state index in [2.05, 4.69) is 22.6 Å². The topological polar surface area (TPSA) is 40.5 Å². The predicted molar refractivity (Wildman–Crippen MR) is 89.3 cm³/mol. The molecule has 0 bridgehead atoms. The molecule has 0 saturated carbocycles. The predicted octanol–water partition coefficient (Wildman–Crippen LogP) is 5.20. The molecule has 0 fully saturated rings. The van der Waals surface area contributed by atoms with Gasteiger partial charge in [0.05, 0.1) is 0 Å². The molecule has 3 heteroatoms. The second-order valence-corrected chi connectivity index (χ2v) is 6.13. The lowest BCUT2D eigenvalue weighted by atomic mass is 10.0. The van der Waals surface area contributed by atoms with Gasteiger partial charge in [-0.25, -0.2) is 0 Å². The summed E-state index contributed by atoms with van der Waals surface area (Å²) in [6.07, 6.45) is 11.2. The van der Waals surface area contributed by atoms with E-state index in [9.17, 15) is 10.2 Å². The number of hydrogen-bond donors (Lipinski definition) is 2. The van der Waals surface area contributed by atoms with Gasteiger partial charge in [-0.05, 0) is 35.3 Å². The lowest BCUT2D eigenvalue weighted by Crippen LogP contribution is -1.88. The van der Waals surface area contributed by atoms with Crippen LogP contribution in [-0.4, -0.2) is 14.6 Å². The molecule has 1 aromatic carbocycles. The van der Waals surface area contributed by atoms with Gasteiger partial charge >= 0.3 is 0 Å². The van der Waals surface area contributed by atoms with Crippen molar-refractivity contribution < 1.29 is 10.2 Å². The van der Waals surface area contributed by atoms with E-state index in [1.54, 1.807) is 6.07 Å². The van der Waals surface area contributed by atoms with E-state index < -0.39 is 0 Å². The molecule has 0 saturated heterocycles. The van der Waals surface area contributed by atoms with Crippen LogP contribution in [0, 0.1) is 0 Å². The first-order chi connectivity index (χ1) is 9.25. The summed E-state index contributed by atoms with van der Waals surface area (Å²) < 4.78 is 1.28. The van der Waals surface area contributed by atoms with E-state index in [4.69, 9.17) is 0 Å². The van der Waals surface area contributed by atoms with Gasteiger partial charge in [0, 0.05) is 0 Å². The molecule has 19 heavy (non-hydrogen) atoms. The molecule has 1 rings (SSSR count). The second kappa shape index (κ2) is 10.4. The molecular weight excluding hydrogens is 351 g/mol. The Morgan fingerprint density at radius 2 is 1.37 bits per heavy atom. The lowest BCUT2D eigenvalue weighted by molar-refractivity contribution is 0.398. The third kappa shape index (κ3) is 7.04.